The number of hydrogen-bond acceptors (Lipinski definition) is 4. The van der Waals surface area contributed by atoms with E-state index in [0.29, 0.717) is 17.9 Å². The Labute approximate surface area is 117 Å². The van der Waals surface area contributed by atoms with Gasteiger partial charge in [-0.2, -0.15) is 0 Å². The molecule has 94 valence electrons. The maximum absolute atomic E-state index is 10.9. The molecule has 0 bridgehead atoms. The third-order valence-corrected chi connectivity index (χ3v) is 4.01. The van der Waals surface area contributed by atoms with E-state index in [1.807, 2.05) is 12.1 Å². The highest BCUT2D eigenvalue weighted by molar-refractivity contribution is 9.11. The molecule has 1 aromatic carbocycles. The summed E-state index contributed by atoms with van der Waals surface area (Å²) in [6.07, 6.45) is 0. The van der Waals surface area contributed by atoms with Crippen molar-refractivity contribution >= 4 is 44.6 Å². The minimum atomic E-state index is -0.961. The van der Waals surface area contributed by atoms with Crippen LogP contribution in [0.1, 0.15) is 15.2 Å². The summed E-state index contributed by atoms with van der Waals surface area (Å²) < 4.78 is 1.06. The first-order valence-electron chi connectivity index (χ1n) is 5.17. The lowest BCUT2D eigenvalue weighted by atomic mass is 10.1. The second kappa shape index (κ2) is 5.41. The van der Waals surface area contributed by atoms with Crippen molar-refractivity contribution < 1.29 is 9.90 Å². The van der Waals surface area contributed by atoms with Crippen molar-refractivity contribution in [2.45, 2.75) is 6.54 Å². The monoisotopic (exact) mass is 326 g/mol. The number of anilines is 2. The van der Waals surface area contributed by atoms with Crippen LogP contribution in [-0.2, 0) is 6.54 Å². The molecule has 4 N–H and O–H groups in total. The standard InChI is InChI=1S/C12H11BrN2O2S/c13-11-4-2-8(18-11)6-15-10-5-7(12(16)17)1-3-9(10)14/h1-5,15H,6,14H2,(H,16,17). The van der Waals surface area contributed by atoms with Gasteiger partial charge in [-0.25, -0.2) is 4.79 Å². The van der Waals surface area contributed by atoms with Crippen LogP contribution in [0.2, 0.25) is 0 Å². The Bertz CT molecular complexity index is 583. The van der Waals surface area contributed by atoms with Crippen LogP contribution in [-0.4, -0.2) is 11.1 Å². The fourth-order valence-corrected chi connectivity index (χ4v) is 2.89. The number of hydrogen-bond donors (Lipinski definition) is 3. The van der Waals surface area contributed by atoms with Gasteiger partial charge in [-0.3, -0.25) is 0 Å². The van der Waals surface area contributed by atoms with E-state index in [9.17, 15) is 4.79 Å². The highest BCUT2D eigenvalue weighted by atomic mass is 79.9. The van der Waals surface area contributed by atoms with Gasteiger partial charge in [0.2, 0.25) is 0 Å². The molecule has 0 saturated carbocycles. The van der Waals surface area contributed by atoms with Crippen LogP contribution >= 0.6 is 27.3 Å². The van der Waals surface area contributed by atoms with Gasteiger partial charge in [0, 0.05) is 11.4 Å². The quantitative estimate of drug-likeness (QED) is 0.752. The molecule has 0 radical (unpaired) electrons. The van der Waals surface area contributed by atoms with E-state index in [1.165, 1.54) is 6.07 Å². The van der Waals surface area contributed by atoms with Crippen LogP contribution in [0.15, 0.2) is 34.1 Å². The third-order valence-electron chi connectivity index (χ3n) is 2.38. The molecule has 0 saturated heterocycles. The van der Waals surface area contributed by atoms with E-state index >= 15 is 0 Å². The number of nitrogens with two attached hydrogens (primary N) is 1. The summed E-state index contributed by atoms with van der Waals surface area (Å²) >= 11 is 5.01. The van der Waals surface area contributed by atoms with Gasteiger partial charge in [-0.05, 0) is 46.3 Å². The number of carbonyl (C=O) groups is 1. The number of nitrogen functional groups attached to an aromatic ring is 1. The molecule has 1 aromatic heterocycles. The van der Waals surface area contributed by atoms with Crippen molar-refractivity contribution in [3.05, 3.63) is 44.6 Å². The molecule has 0 aliphatic rings. The van der Waals surface area contributed by atoms with Gasteiger partial charge < -0.3 is 16.2 Å². The van der Waals surface area contributed by atoms with E-state index in [1.54, 1.807) is 23.5 Å². The van der Waals surface area contributed by atoms with Gasteiger partial charge in [0.1, 0.15) is 0 Å². The molecule has 0 atom stereocenters. The second-order valence-electron chi connectivity index (χ2n) is 3.67. The number of rotatable bonds is 4. The van der Waals surface area contributed by atoms with Crippen molar-refractivity contribution in [1.29, 1.82) is 0 Å². The van der Waals surface area contributed by atoms with E-state index in [0.717, 1.165) is 8.66 Å². The highest BCUT2D eigenvalue weighted by Gasteiger charge is 2.07. The molecular formula is C12H11BrN2O2S. The molecule has 0 aliphatic carbocycles. The maximum Gasteiger partial charge on any atom is 0.335 e. The van der Waals surface area contributed by atoms with Gasteiger partial charge in [0.25, 0.3) is 0 Å². The molecule has 0 unspecified atom stereocenters. The fraction of sp³-hybridized carbons (Fsp3) is 0.0833. The van der Waals surface area contributed by atoms with E-state index in [-0.39, 0.29) is 5.56 Å². The van der Waals surface area contributed by atoms with Crippen LogP contribution in [0.4, 0.5) is 11.4 Å². The number of benzene rings is 1. The minimum Gasteiger partial charge on any atom is -0.478 e. The van der Waals surface area contributed by atoms with E-state index < -0.39 is 5.97 Å². The smallest absolute Gasteiger partial charge is 0.335 e. The lowest BCUT2D eigenvalue weighted by Gasteiger charge is -2.09. The van der Waals surface area contributed by atoms with E-state index in [4.69, 9.17) is 10.8 Å². The molecule has 18 heavy (non-hydrogen) atoms. The summed E-state index contributed by atoms with van der Waals surface area (Å²) in [5.41, 5.74) is 7.19. The number of thiophene rings is 1. The number of aromatic carboxylic acids is 1. The zero-order valence-corrected chi connectivity index (χ0v) is 11.7. The topological polar surface area (TPSA) is 75.4 Å². The molecule has 0 amide bonds. The van der Waals surface area contributed by atoms with Crippen molar-refractivity contribution in [2.75, 3.05) is 11.1 Å². The largest absolute Gasteiger partial charge is 0.478 e. The molecule has 1 heterocycles. The van der Waals surface area contributed by atoms with Gasteiger partial charge in [-0.15, -0.1) is 11.3 Å². The predicted octanol–water partition coefficient (Wildman–Crippen LogP) is 3.40. The van der Waals surface area contributed by atoms with Crippen molar-refractivity contribution in [3.8, 4) is 0 Å². The number of halogens is 1. The molecule has 6 heteroatoms. The molecule has 0 fully saturated rings. The van der Waals surface area contributed by atoms with Crippen LogP contribution < -0.4 is 11.1 Å². The average molecular weight is 327 g/mol. The maximum atomic E-state index is 10.9. The molecule has 0 aliphatic heterocycles. The van der Waals surface area contributed by atoms with Gasteiger partial charge in [0.05, 0.1) is 20.7 Å². The first-order chi connectivity index (χ1) is 8.56. The Morgan fingerprint density at radius 3 is 2.78 bits per heavy atom. The van der Waals surface area contributed by atoms with E-state index in [2.05, 4.69) is 21.2 Å². The average Bonchev–Trinajstić information content (AvgIpc) is 2.74. The number of carboxylic acids is 1. The van der Waals surface area contributed by atoms with Crippen LogP contribution in [0.3, 0.4) is 0 Å². The van der Waals surface area contributed by atoms with Gasteiger partial charge >= 0.3 is 5.97 Å². The Hall–Kier alpha value is -1.53. The van der Waals surface area contributed by atoms with Crippen molar-refractivity contribution in [1.82, 2.24) is 0 Å². The lowest BCUT2D eigenvalue weighted by Crippen LogP contribution is -2.04. The normalized spacial score (nSPS) is 10.3. The molecule has 0 spiro atoms. The summed E-state index contributed by atoms with van der Waals surface area (Å²) in [4.78, 5) is 12.0. The van der Waals surface area contributed by atoms with Crippen LogP contribution in [0.25, 0.3) is 0 Å². The SMILES string of the molecule is Nc1ccc(C(=O)O)cc1NCc1ccc(Br)s1. The van der Waals surface area contributed by atoms with Gasteiger partial charge in [0.15, 0.2) is 0 Å². The lowest BCUT2D eigenvalue weighted by molar-refractivity contribution is 0.0697. The fourth-order valence-electron chi connectivity index (χ4n) is 1.47. The Morgan fingerprint density at radius 1 is 1.39 bits per heavy atom. The summed E-state index contributed by atoms with van der Waals surface area (Å²) in [5, 5.41) is 12.1. The number of carboxylic acid groups (broad SMARTS) is 1. The Balaban J connectivity index is 2.13. The molecular weight excluding hydrogens is 316 g/mol. The zero-order chi connectivity index (χ0) is 13.1. The first kappa shape index (κ1) is 12.9. The molecule has 4 nitrogen and oxygen atoms in total. The predicted molar refractivity (Wildman–Crippen MR) is 77.2 cm³/mol. The summed E-state index contributed by atoms with van der Waals surface area (Å²) in [5.74, 6) is -0.961. The molecule has 2 rings (SSSR count). The van der Waals surface area contributed by atoms with Crippen molar-refractivity contribution in [3.63, 3.8) is 0 Å². The first-order valence-corrected chi connectivity index (χ1v) is 6.78. The highest BCUT2D eigenvalue weighted by Crippen LogP contribution is 2.25. The molecule has 2 aromatic rings. The zero-order valence-electron chi connectivity index (χ0n) is 9.31. The summed E-state index contributed by atoms with van der Waals surface area (Å²) in [7, 11) is 0. The second-order valence-corrected chi connectivity index (χ2v) is 6.21. The minimum absolute atomic E-state index is 0.221. The summed E-state index contributed by atoms with van der Waals surface area (Å²) in [6, 6.07) is 8.60. The third kappa shape index (κ3) is 3.02. The van der Waals surface area contributed by atoms with Crippen LogP contribution in [0, 0.1) is 0 Å². The van der Waals surface area contributed by atoms with Crippen molar-refractivity contribution in [2.24, 2.45) is 0 Å². The number of nitrogens with one attached hydrogen (secondary N) is 1. The Kier molecular flexibility index (Phi) is 3.88. The summed E-state index contributed by atoms with van der Waals surface area (Å²) in [6.45, 7) is 0.615. The van der Waals surface area contributed by atoms with Crippen LogP contribution in [0.5, 0.6) is 0 Å². The van der Waals surface area contributed by atoms with Gasteiger partial charge in [-0.1, -0.05) is 0 Å². The Morgan fingerprint density at radius 2 is 2.17 bits per heavy atom.